The topological polar surface area (TPSA) is 32.3 Å². The Hall–Kier alpha value is -1.35. The fourth-order valence-electron chi connectivity index (χ4n) is 1.44. The van der Waals surface area contributed by atoms with Crippen LogP contribution in [0.3, 0.4) is 0 Å². The van der Waals surface area contributed by atoms with Crippen LogP contribution in [-0.2, 0) is 6.42 Å². The van der Waals surface area contributed by atoms with Crippen LogP contribution < -0.4 is 5.32 Å². The van der Waals surface area contributed by atoms with Crippen LogP contribution in [0.1, 0.15) is 15.9 Å². The molecule has 0 saturated heterocycles. The summed E-state index contributed by atoms with van der Waals surface area (Å²) < 4.78 is 0. The summed E-state index contributed by atoms with van der Waals surface area (Å²) in [5.41, 5.74) is 1.88. The fraction of sp³-hybridized carbons (Fsp3) is 0.417. The molecule has 0 bridgehead atoms. The molecule has 1 rings (SSSR count). The lowest BCUT2D eigenvalue weighted by atomic mass is 10.0. The molecule has 0 spiro atoms. The largest absolute Gasteiger partial charge is 0.355 e. The van der Waals surface area contributed by atoms with Crippen LogP contribution in [0.4, 0.5) is 0 Å². The molecule has 0 aliphatic rings. The molecule has 1 aromatic carbocycles. The van der Waals surface area contributed by atoms with Crippen LogP contribution >= 0.6 is 0 Å². The second-order valence-electron chi connectivity index (χ2n) is 3.79. The Morgan fingerprint density at radius 3 is 2.60 bits per heavy atom. The molecule has 3 heteroatoms. The van der Waals surface area contributed by atoms with Crippen molar-refractivity contribution in [1.82, 2.24) is 10.2 Å². The molecule has 0 heterocycles. The highest BCUT2D eigenvalue weighted by Crippen LogP contribution is 2.09. The quantitative estimate of drug-likeness (QED) is 0.801. The Balaban J connectivity index is 2.81. The molecule has 0 fully saturated rings. The third-order valence-electron chi connectivity index (χ3n) is 2.32. The van der Waals surface area contributed by atoms with E-state index in [9.17, 15) is 4.79 Å². The smallest absolute Gasteiger partial charge is 0.251 e. The molecule has 0 unspecified atom stereocenters. The molecule has 1 N–H and O–H groups in total. The summed E-state index contributed by atoms with van der Waals surface area (Å²) in [5, 5.41) is 2.66. The molecule has 3 nitrogen and oxygen atoms in total. The molecule has 0 aromatic heterocycles. The standard InChI is InChI=1S/C12H18N2O/c1-13-12(15)11-7-5-4-6-10(11)8-9-14(2)3/h4-7H,8-9H2,1-3H3,(H,13,15). The maximum atomic E-state index is 11.6. The van der Waals surface area contributed by atoms with E-state index in [1.54, 1.807) is 7.05 Å². The van der Waals surface area contributed by atoms with Gasteiger partial charge in [0.05, 0.1) is 0 Å². The number of nitrogens with one attached hydrogen (secondary N) is 1. The molecule has 0 radical (unpaired) electrons. The van der Waals surface area contributed by atoms with Gasteiger partial charge < -0.3 is 10.2 Å². The minimum absolute atomic E-state index is 0.00986. The zero-order valence-corrected chi connectivity index (χ0v) is 9.58. The number of rotatable bonds is 4. The van der Waals surface area contributed by atoms with Gasteiger partial charge in [-0.1, -0.05) is 18.2 Å². The van der Waals surface area contributed by atoms with Gasteiger partial charge in [0, 0.05) is 19.2 Å². The summed E-state index contributed by atoms with van der Waals surface area (Å²) in [7, 11) is 5.72. The van der Waals surface area contributed by atoms with E-state index in [0.29, 0.717) is 0 Å². The van der Waals surface area contributed by atoms with Gasteiger partial charge in [-0.15, -0.1) is 0 Å². The Labute approximate surface area is 91.1 Å². The van der Waals surface area contributed by atoms with Crippen molar-refractivity contribution in [1.29, 1.82) is 0 Å². The average Bonchev–Trinajstić information content (AvgIpc) is 2.25. The van der Waals surface area contributed by atoms with Crippen molar-refractivity contribution in [3.8, 4) is 0 Å². The zero-order chi connectivity index (χ0) is 11.3. The van der Waals surface area contributed by atoms with E-state index in [1.807, 2.05) is 38.4 Å². The minimum Gasteiger partial charge on any atom is -0.355 e. The van der Waals surface area contributed by atoms with Crippen molar-refractivity contribution >= 4 is 5.91 Å². The molecular weight excluding hydrogens is 188 g/mol. The molecular formula is C12H18N2O. The van der Waals surface area contributed by atoms with E-state index in [4.69, 9.17) is 0 Å². The molecule has 0 saturated carbocycles. The van der Waals surface area contributed by atoms with Gasteiger partial charge in [0.25, 0.3) is 5.91 Å². The van der Waals surface area contributed by atoms with Crippen molar-refractivity contribution < 1.29 is 4.79 Å². The number of carbonyl (C=O) groups excluding carboxylic acids is 1. The lowest BCUT2D eigenvalue weighted by Gasteiger charge is -2.11. The van der Waals surface area contributed by atoms with Crippen molar-refractivity contribution in [2.24, 2.45) is 0 Å². The third-order valence-corrected chi connectivity index (χ3v) is 2.32. The molecule has 1 aromatic rings. The first-order chi connectivity index (χ1) is 7.15. The van der Waals surface area contributed by atoms with E-state index in [1.165, 1.54) is 0 Å². The maximum Gasteiger partial charge on any atom is 0.251 e. The monoisotopic (exact) mass is 206 g/mol. The number of hydrogen-bond acceptors (Lipinski definition) is 2. The Bertz CT molecular complexity index is 334. The summed E-state index contributed by atoms with van der Waals surface area (Å²) >= 11 is 0. The molecule has 0 atom stereocenters. The number of likely N-dealkylation sites (N-methyl/N-ethyl adjacent to an activating group) is 1. The average molecular weight is 206 g/mol. The van der Waals surface area contributed by atoms with Gasteiger partial charge in [-0.2, -0.15) is 0 Å². The summed E-state index contributed by atoms with van der Waals surface area (Å²) in [6.07, 6.45) is 0.899. The highest BCUT2D eigenvalue weighted by atomic mass is 16.1. The highest BCUT2D eigenvalue weighted by Gasteiger charge is 2.08. The van der Waals surface area contributed by atoms with Gasteiger partial charge in [-0.05, 0) is 32.1 Å². The van der Waals surface area contributed by atoms with Crippen LogP contribution in [0.25, 0.3) is 0 Å². The first-order valence-corrected chi connectivity index (χ1v) is 5.10. The summed E-state index contributed by atoms with van der Waals surface area (Å²) in [5.74, 6) is -0.00986. The second-order valence-corrected chi connectivity index (χ2v) is 3.79. The first-order valence-electron chi connectivity index (χ1n) is 5.10. The van der Waals surface area contributed by atoms with Crippen molar-refractivity contribution in [2.45, 2.75) is 6.42 Å². The van der Waals surface area contributed by atoms with Crippen LogP contribution in [0.15, 0.2) is 24.3 Å². The number of benzene rings is 1. The normalized spacial score (nSPS) is 10.4. The summed E-state index contributed by atoms with van der Waals surface area (Å²) in [6, 6.07) is 7.74. The Morgan fingerprint density at radius 1 is 1.33 bits per heavy atom. The molecule has 15 heavy (non-hydrogen) atoms. The van der Waals surface area contributed by atoms with E-state index < -0.39 is 0 Å². The zero-order valence-electron chi connectivity index (χ0n) is 9.58. The Morgan fingerprint density at radius 2 is 2.00 bits per heavy atom. The van der Waals surface area contributed by atoms with Crippen LogP contribution in [0.5, 0.6) is 0 Å². The number of amides is 1. The SMILES string of the molecule is CNC(=O)c1ccccc1CCN(C)C. The van der Waals surface area contributed by atoms with Gasteiger partial charge in [0.1, 0.15) is 0 Å². The van der Waals surface area contributed by atoms with Crippen molar-refractivity contribution in [2.75, 3.05) is 27.7 Å². The van der Waals surface area contributed by atoms with Crippen molar-refractivity contribution in [3.05, 3.63) is 35.4 Å². The van der Waals surface area contributed by atoms with Gasteiger partial charge in [0.15, 0.2) is 0 Å². The number of carbonyl (C=O) groups is 1. The van der Waals surface area contributed by atoms with E-state index in [2.05, 4.69) is 10.2 Å². The lowest BCUT2D eigenvalue weighted by Crippen LogP contribution is -2.21. The molecule has 0 aliphatic carbocycles. The van der Waals surface area contributed by atoms with Gasteiger partial charge >= 0.3 is 0 Å². The fourth-order valence-corrected chi connectivity index (χ4v) is 1.44. The van der Waals surface area contributed by atoms with E-state index in [-0.39, 0.29) is 5.91 Å². The predicted molar refractivity (Wildman–Crippen MR) is 62.1 cm³/mol. The van der Waals surface area contributed by atoms with E-state index >= 15 is 0 Å². The summed E-state index contributed by atoms with van der Waals surface area (Å²) in [6.45, 7) is 0.952. The predicted octanol–water partition coefficient (Wildman–Crippen LogP) is 1.15. The molecule has 1 amide bonds. The maximum absolute atomic E-state index is 11.6. The highest BCUT2D eigenvalue weighted by molar-refractivity contribution is 5.95. The second kappa shape index (κ2) is 5.51. The first kappa shape index (κ1) is 11.7. The van der Waals surface area contributed by atoms with Gasteiger partial charge in [0.2, 0.25) is 0 Å². The third kappa shape index (κ3) is 3.36. The van der Waals surface area contributed by atoms with E-state index in [0.717, 1.165) is 24.1 Å². The van der Waals surface area contributed by atoms with Crippen LogP contribution in [-0.4, -0.2) is 38.5 Å². The van der Waals surface area contributed by atoms with Crippen LogP contribution in [0, 0.1) is 0 Å². The van der Waals surface area contributed by atoms with Gasteiger partial charge in [-0.3, -0.25) is 4.79 Å². The van der Waals surface area contributed by atoms with Crippen molar-refractivity contribution in [3.63, 3.8) is 0 Å². The van der Waals surface area contributed by atoms with Gasteiger partial charge in [-0.25, -0.2) is 0 Å². The van der Waals surface area contributed by atoms with Crippen LogP contribution in [0.2, 0.25) is 0 Å². The number of nitrogens with zero attached hydrogens (tertiary/aromatic N) is 1. The minimum atomic E-state index is -0.00986. The molecule has 0 aliphatic heterocycles. The lowest BCUT2D eigenvalue weighted by molar-refractivity contribution is 0.0962. The molecule has 82 valence electrons. The number of hydrogen-bond donors (Lipinski definition) is 1. The summed E-state index contributed by atoms with van der Waals surface area (Å²) in [4.78, 5) is 13.7. The Kier molecular flexibility index (Phi) is 4.31.